The smallest absolute Gasteiger partial charge is 0.175 e. The minimum atomic E-state index is -3.21. The van der Waals surface area contributed by atoms with Crippen LogP contribution in [0.1, 0.15) is 25.5 Å². The molecule has 2 N–H and O–H groups in total. The molecule has 0 fully saturated rings. The highest BCUT2D eigenvalue weighted by Crippen LogP contribution is 2.16. The van der Waals surface area contributed by atoms with Crippen molar-refractivity contribution in [3.63, 3.8) is 0 Å². The number of terminal acetylenes is 1. The van der Waals surface area contributed by atoms with Crippen LogP contribution in [-0.2, 0) is 9.84 Å². The summed E-state index contributed by atoms with van der Waals surface area (Å²) in [6.07, 6.45) is 5.75. The summed E-state index contributed by atoms with van der Waals surface area (Å²) >= 11 is 0. The van der Waals surface area contributed by atoms with Gasteiger partial charge in [0.2, 0.25) is 0 Å². The number of nitrogens with one attached hydrogen (secondary N) is 1. The Morgan fingerprint density at radius 2 is 1.89 bits per heavy atom. The van der Waals surface area contributed by atoms with Crippen molar-refractivity contribution in [1.29, 1.82) is 0 Å². The Balaban J connectivity index is 2.75. The third-order valence-electron chi connectivity index (χ3n) is 2.79. The predicted molar refractivity (Wildman–Crippen MR) is 75.4 cm³/mol. The van der Waals surface area contributed by atoms with Gasteiger partial charge in [0.15, 0.2) is 9.84 Å². The number of rotatable bonds is 5. The standard InChI is InChI=1S/C14H19NO3S/c1-5-14(2,3)15-10-13(16)11-6-8-12(9-7-11)19(4,17)18/h1,6-9,13,15-16H,10H2,2-4H3. The van der Waals surface area contributed by atoms with Crippen molar-refractivity contribution in [2.45, 2.75) is 30.4 Å². The molecule has 0 radical (unpaired) electrons. The summed E-state index contributed by atoms with van der Waals surface area (Å²) in [5.41, 5.74) is 0.154. The topological polar surface area (TPSA) is 66.4 Å². The fourth-order valence-electron chi connectivity index (χ4n) is 1.46. The molecule has 0 aliphatic heterocycles. The highest BCUT2D eigenvalue weighted by Gasteiger charge is 2.16. The van der Waals surface area contributed by atoms with E-state index in [9.17, 15) is 13.5 Å². The van der Waals surface area contributed by atoms with Gasteiger partial charge >= 0.3 is 0 Å². The normalized spacial score (nSPS) is 13.8. The van der Waals surface area contributed by atoms with Crippen LogP contribution in [0.15, 0.2) is 29.2 Å². The van der Waals surface area contributed by atoms with E-state index in [0.29, 0.717) is 12.1 Å². The lowest BCUT2D eigenvalue weighted by Gasteiger charge is -2.22. The molecule has 19 heavy (non-hydrogen) atoms. The lowest BCUT2D eigenvalue weighted by Crippen LogP contribution is -2.40. The Kier molecular flexibility index (Phi) is 4.75. The lowest BCUT2D eigenvalue weighted by atomic mass is 10.1. The number of aliphatic hydroxyl groups excluding tert-OH is 1. The monoisotopic (exact) mass is 281 g/mol. The molecule has 5 heteroatoms. The summed E-state index contributed by atoms with van der Waals surface area (Å²) in [5.74, 6) is 2.58. The molecule has 4 nitrogen and oxygen atoms in total. The first-order chi connectivity index (χ1) is 8.65. The van der Waals surface area contributed by atoms with Crippen LogP contribution in [-0.4, -0.2) is 31.9 Å². The number of hydrogen-bond donors (Lipinski definition) is 2. The highest BCUT2D eigenvalue weighted by molar-refractivity contribution is 7.90. The zero-order chi connectivity index (χ0) is 14.7. The van der Waals surface area contributed by atoms with E-state index >= 15 is 0 Å². The fraction of sp³-hybridized carbons (Fsp3) is 0.429. The van der Waals surface area contributed by atoms with E-state index in [1.807, 2.05) is 13.8 Å². The molecule has 0 aromatic heterocycles. The van der Waals surface area contributed by atoms with E-state index in [-0.39, 0.29) is 4.90 Å². The third kappa shape index (κ3) is 4.67. The van der Waals surface area contributed by atoms with Gasteiger partial charge in [0.05, 0.1) is 16.5 Å². The first-order valence-electron chi connectivity index (χ1n) is 5.86. The number of aliphatic hydroxyl groups is 1. The number of hydrogen-bond acceptors (Lipinski definition) is 4. The van der Waals surface area contributed by atoms with Gasteiger partial charge in [-0.2, -0.15) is 0 Å². The van der Waals surface area contributed by atoms with Gasteiger partial charge in [-0.3, -0.25) is 5.32 Å². The summed E-state index contributed by atoms with van der Waals surface area (Å²) in [5, 5.41) is 13.0. The molecule has 1 aromatic carbocycles. The van der Waals surface area contributed by atoms with Crippen molar-refractivity contribution in [2.75, 3.05) is 12.8 Å². The van der Waals surface area contributed by atoms with Crippen molar-refractivity contribution in [1.82, 2.24) is 5.32 Å². The molecule has 0 bridgehead atoms. The van der Waals surface area contributed by atoms with Crippen LogP contribution >= 0.6 is 0 Å². The van der Waals surface area contributed by atoms with Gasteiger partial charge in [0.1, 0.15) is 0 Å². The average molecular weight is 281 g/mol. The maximum Gasteiger partial charge on any atom is 0.175 e. The summed E-state index contributed by atoms with van der Waals surface area (Å²) in [6.45, 7) is 3.98. The van der Waals surface area contributed by atoms with E-state index in [4.69, 9.17) is 6.42 Å². The van der Waals surface area contributed by atoms with Crippen molar-refractivity contribution >= 4 is 9.84 Å². The van der Waals surface area contributed by atoms with Gasteiger partial charge in [-0.1, -0.05) is 18.1 Å². The molecule has 1 rings (SSSR count). The second kappa shape index (κ2) is 5.74. The van der Waals surface area contributed by atoms with Crippen molar-refractivity contribution in [3.05, 3.63) is 29.8 Å². The molecule has 1 aromatic rings. The highest BCUT2D eigenvalue weighted by atomic mass is 32.2. The zero-order valence-electron chi connectivity index (χ0n) is 11.3. The van der Waals surface area contributed by atoms with Crippen LogP contribution in [0.5, 0.6) is 0 Å². The van der Waals surface area contributed by atoms with Crippen LogP contribution in [0.4, 0.5) is 0 Å². The minimum absolute atomic E-state index is 0.236. The van der Waals surface area contributed by atoms with Gasteiger partial charge in [-0.15, -0.1) is 6.42 Å². The Hall–Kier alpha value is -1.35. The van der Waals surface area contributed by atoms with Crippen LogP contribution in [0.2, 0.25) is 0 Å². The van der Waals surface area contributed by atoms with Crippen LogP contribution in [0.3, 0.4) is 0 Å². The summed E-state index contributed by atoms with van der Waals surface area (Å²) in [6, 6.07) is 6.18. The summed E-state index contributed by atoms with van der Waals surface area (Å²) in [7, 11) is -3.21. The van der Waals surface area contributed by atoms with Gasteiger partial charge < -0.3 is 5.11 Å². The molecule has 0 saturated carbocycles. The lowest BCUT2D eigenvalue weighted by molar-refractivity contribution is 0.167. The quantitative estimate of drug-likeness (QED) is 0.794. The largest absolute Gasteiger partial charge is 0.387 e. The molecular weight excluding hydrogens is 262 g/mol. The van der Waals surface area contributed by atoms with E-state index in [2.05, 4.69) is 11.2 Å². The van der Waals surface area contributed by atoms with Gasteiger partial charge in [-0.05, 0) is 31.5 Å². The molecule has 0 amide bonds. The minimum Gasteiger partial charge on any atom is -0.387 e. The molecule has 1 atom stereocenters. The van der Waals surface area contributed by atoms with E-state index < -0.39 is 21.5 Å². The van der Waals surface area contributed by atoms with Gasteiger partial charge in [0.25, 0.3) is 0 Å². The van der Waals surface area contributed by atoms with Gasteiger partial charge in [0, 0.05) is 12.8 Å². The first kappa shape index (κ1) is 15.7. The SMILES string of the molecule is C#CC(C)(C)NCC(O)c1ccc(S(C)(=O)=O)cc1. The van der Waals surface area contributed by atoms with Crippen LogP contribution < -0.4 is 5.32 Å². The Morgan fingerprint density at radius 1 is 1.37 bits per heavy atom. The fourth-order valence-corrected chi connectivity index (χ4v) is 2.09. The Labute approximate surface area is 114 Å². The molecule has 1 unspecified atom stereocenters. The van der Waals surface area contributed by atoms with Crippen LogP contribution in [0, 0.1) is 12.3 Å². The van der Waals surface area contributed by atoms with E-state index in [1.54, 1.807) is 12.1 Å². The number of benzene rings is 1. The molecule has 0 spiro atoms. The maximum absolute atomic E-state index is 11.3. The van der Waals surface area contributed by atoms with E-state index in [1.165, 1.54) is 12.1 Å². The summed E-state index contributed by atoms with van der Waals surface area (Å²) < 4.78 is 22.6. The van der Waals surface area contributed by atoms with Crippen molar-refractivity contribution in [2.24, 2.45) is 0 Å². The third-order valence-corrected chi connectivity index (χ3v) is 3.92. The number of sulfone groups is 1. The van der Waals surface area contributed by atoms with Crippen molar-refractivity contribution < 1.29 is 13.5 Å². The molecule has 0 saturated heterocycles. The molecular formula is C14H19NO3S. The summed E-state index contributed by atoms with van der Waals surface area (Å²) in [4.78, 5) is 0.236. The van der Waals surface area contributed by atoms with E-state index in [0.717, 1.165) is 6.26 Å². The predicted octanol–water partition coefficient (Wildman–Crippen LogP) is 1.12. The average Bonchev–Trinajstić information content (AvgIpc) is 2.35. The number of β-amino-alcohol motifs (C(OH)–C–C–N with tert-alkyl or cyclic N) is 1. The van der Waals surface area contributed by atoms with Crippen molar-refractivity contribution in [3.8, 4) is 12.3 Å². The molecule has 0 heterocycles. The molecule has 0 aliphatic rings. The van der Waals surface area contributed by atoms with Crippen LogP contribution in [0.25, 0.3) is 0 Å². The molecule has 104 valence electrons. The maximum atomic E-state index is 11.3. The molecule has 0 aliphatic carbocycles. The zero-order valence-corrected chi connectivity index (χ0v) is 12.2. The van der Waals surface area contributed by atoms with Gasteiger partial charge in [-0.25, -0.2) is 8.42 Å². The Bertz CT molecular complexity index is 568. The second-order valence-corrected chi connectivity index (χ2v) is 7.02. The Morgan fingerprint density at radius 3 is 2.32 bits per heavy atom. The first-order valence-corrected chi connectivity index (χ1v) is 7.76. The second-order valence-electron chi connectivity index (χ2n) is 5.01.